The maximum Gasteiger partial charge on any atom is 0.251 e. The highest BCUT2D eigenvalue weighted by Crippen LogP contribution is 2.23. The molecule has 1 heterocycles. The summed E-state index contributed by atoms with van der Waals surface area (Å²) in [6, 6.07) is 15.0. The second-order valence-corrected chi connectivity index (χ2v) is 7.67. The zero-order valence-electron chi connectivity index (χ0n) is 14.5. The smallest absolute Gasteiger partial charge is 0.251 e. The zero-order chi connectivity index (χ0) is 18.7. The number of carbonyl (C=O) groups is 1. The first-order valence-corrected chi connectivity index (χ1v) is 9.78. The number of fused-ring (bicyclic) bond motifs is 1. The number of para-hydroxylation sites is 1. The van der Waals surface area contributed by atoms with E-state index < -0.39 is 10.0 Å². The molecule has 0 saturated heterocycles. The van der Waals surface area contributed by atoms with E-state index in [1.165, 1.54) is 24.3 Å². The monoisotopic (exact) mass is 372 g/mol. The van der Waals surface area contributed by atoms with E-state index >= 15 is 0 Å². The Morgan fingerprint density at radius 3 is 2.46 bits per heavy atom. The number of hydrogen-bond donors (Lipinski definition) is 2. The Kier molecular flexibility index (Phi) is 5.11. The quantitative estimate of drug-likeness (QED) is 0.695. The van der Waals surface area contributed by atoms with Crippen LogP contribution in [-0.4, -0.2) is 20.9 Å². The van der Waals surface area contributed by atoms with Crippen molar-refractivity contribution in [2.24, 2.45) is 0 Å². The van der Waals surface area contributed by atoms with Gasteiger partial charge in [0.1, 0.15) is 11.3 Å². The van der Waals surface area contributed by atoms with Gasteiger partial charge in [-0.15, -0.1) is 0 Å². The molecule has 0 aliphatic rings. The molecule has 0 fully saturated rings. The summed E-state index contributed by atoms with van der Waals surface area (Å²) in [7, 11) is -3.53. The summed E-state index contributed by atoms with van der Waals surface area (Å²) in [5, 5.41) is 3.83. The van der Waals surface area contributed by atoms with E-state index in [0.717, 1.165) is 11.0 Å². The average molecular weight is 372 g/mol. The van der Waals surface area contributed by atoms with Crippen molar-refractivity contribution in [1.29, 1.82) is 0 Å². The molecule has 0 spiro atoms. The summed E-state index contributed by atoms with van der Waals surface area (Å²) >= 11 is 0. The maximum atomic E-state index is 12.4. The van der Waals surface area contributed by atoms with Gasteiger partial charge < -0.3 is 9.73 Å². The van der Waals surface area contributed by atoms with Gasteiger partial charge in [0.25, 0.3) is 5.91 Å². The van der Waals surface area contributed by atoms with Crippen LogP contribution in [0.25, 0.3) is 11.0 Å². The van der Waals surface area contributed by atoms with Gasteiger partial charge in [-0.1, -0.05) is 25.1 Å². The van der Waals surface area contributed by atoms with Crippen LogP contribution in [0.2, 0.25) is 0 Å². The van der Waals surface area contributed by atoms with Gasteiger partial charge in [0, 0.05) is 17.5 Å². The van der Waals surface area contributed by atoms with Crippen LogP contribution in [0.15, 0.2) is 63.9 Å². The summed E-state index contributed by atoms with van der Waals surface area (Å²) in [4.78, 5) is 12.5. The highest BCUT2D eigenvalue weighted by atomic mass is 32.2. The summed E-state index contributed by atoms with van der Waals surface area (Å²) < 4.78 is 32.0. The Morgan fingerprint density at radius 1 is 1.12 bits per heavy atom. The van der Waals surface area contributed by atoms with Crippen molar-refractivity contribution in [3.05, 3.63) is 65.9 Å². The van der Waals surface area contributed by atoms with Crippen LogP contribution in [0.3, 0.4) is 0 Å². The molecule has 3 aromatic rings. The minimum absolute atomic E-state index is 0.126. The Hall–Kier alpha value is -2.64. The lowest BCUT2D eigenvalue weighted by Gasteiger charge is -2.12. The minimum atomic E-state index is -3.53. The number of nitrogens with one attached hydrogen (secondary N) is 2. The van der Waals surface area contributed by atoms with E-state index in [1.54, 1.807) is 6.92 Å². The number of hydrogen-bond acceptors (Lipinski definition) is 4. The molecular formula is C19H20N2O4S. The summed E-state index contributed by atoms with van der Waals surface area (Å²) in [5.74, 6) is 0.358. The predicted octanol–water partition coefficient (Wildman–Crippen LogP) is 3.22. The predicted molar refractivity (Wildman–Crippen MR) is 99.4 cm³/mol. The van der Waals surface area contributed by atoms with Gasteiger partial charge in [-0.2, -0.15) is 0 Å². The topological polar surface area (TPSA) is 88.4 Å². The van der Waals surface area contributed by atoms with Gasteiger partial charge in [-0.05, 0) is 43.3 Å². The molecule has 0 radical (unpaired) electrons. The van der Waals surface area contributed by atoms with E-state index in [-0.39, 0.29) is 16.8 Å². The third-order valence-electron chi connectivity index (χ3n) is 3.98. The van der Waals surface area contributed by atoms with Crippen LogP contribution in [0.1, 0.15) is 36.0 Å². The largest absolute Gasteiger partial charge is 0.459 e. The Morgan fingerprint density at radius 2 is 1.81 bits per heavy atom. The average Bonchev–Trinajstić information content (AvgIpc) is 3.06. The van der Waals surface area contributed by atoms with Crippen molar-refractivity contribution >= 4 is 26.9 Å². The van der Waals surface area contributed by atoms with E-state index in [2.05, 4.69) is 10.0 Å². The fourth-order valence-electron chi connectivity index (χ4n) is 2.63. The molecule has 1 atom stereocenters. The second-order valence-electron chi connectivity index (χ2n) is 5.91. The number of benzene rings is 2. The van der Waals surface area contributed by atoms with Crippen LogP contribution < -0.4 is 10.0 Å². The van der Waals surface area contributed by atoms with Crippen molar-refractivity contribution in [1.82, 2.24) is 10.0 Å². The molecule has 6 nitrogen and oxygen atoms in total. The van der Waals surface area contributed by atoms with Gasteiger partial charge in [0.05, 0.1) is 10.9 Å². The number of amides is 1. The first-order valence-electron chi connectivity index (χ1n) is 8.30. The van der Waals surface area contributed by atoms with Crippen molar-refractivity contribution < 1.29 is 17.6 Å². The van der Waals surface area contributed by atoms with Crippen molar-refractivity contribution in [2.45, 2.75) is 24.8 Å². The fourth-order valence-corrected chi connectivity index (χ4v) is 3.67. The molecule has 2 N–H and O–H groups in total. The lowest BCUT2D eigenvalue weighted by molar-refractivity contribution is 0.0935. The molecule has 136 valence electrons. The summed E-state index contributed by atoms with van der Waals surface area (Å²) in [6.45, 7) is 3.85. The van der Waals surface area contributed by atoms with Crippen LogP contribution in [-0.2, 0) is 10.0 Å². The van der Waals surface area contributed by atoms with Crippen LogP contribution in [0.4, 0.5) is 0 Å². The van der Waals surface area contributed by atoms with Crippen LogP contribution in [0, 0.1) is 0 Å². The highest BCUT2D eigenvalue weighted by Gasteiger charge is 2.17. The zero-order valence-corrected chi connectivity index (χ0v) is 15.3. The van der Waals surface area contributed by atoms with Gasteiger partial charge in [0.15, 0.2) is 0 Å². The second kappa shape index (κ2) is 7.31. The van der Waals surface area contributed by atoms with Gasteiger partial charge in [-0.3, -0.25) is 4.79 Å². The first-order chi connectivity index (χ1) is 12.4. The third kappa shape index (κ3) is 3.79. The molecule has 7 heteroatoms. The van der Waals surface area contributed by atoms with Crippen LogP contribution >= 0.6 is 0 Å². The van der Waals surface area contributed by atoms with Crippen molar-refractivity contribution in [2.75, 3.05) is 6.54 Å². The normalized spacial score (nSPS) is 12.8. The molecule has 26 heavy (non-hydrogen) atoms. The number of carbonyl (C=O) groups excluding carboxylic acids is 1. The first kappa shape index (κ1) is 18.2. The SMILES string of the molecule is CCNS(=O)(=O)c1ccc(C(=O)N[C@@H](C)c2cc3ccccc3o2)cc1. The molecule has 0 aliphatic heterocycles. The molecule has 0 bridgehead atoms. The van der Waals surface area contributed by atoms with Crippen molar-refractivity contribution in [3.8, 4) is 0 Å². The molecule has 0 aliphatic carbocycles. The molecule has 1 aromatic heterocycles. The van der Waals surface area contributed by atoms with Crippen LogP contribution in [0.5, 0.6) is 0 Å². The molecule has 0 unspecified atom stereocenters. The molecule has 1 amide bonds. The van der Waals surface area contributed by atoms with E-state index in [9.17, 15) is 13.2 Å². The third-order valence-corrected chi connectivity index (χ3v) is 5.54. The fraction of sp³-hybridized carbons (Fsp3) is 0.211. The van der Waals surface area contributed by atoms with E-state index in [0.29, 0.717) is 17.9 Å². The molecule has 3 rings (SSSR count). The Balaban J connectivity index is 1.73. The highest BCUT2D eigenvalue weighted by molar-refractivity contribution is 7.89. The molecule has 0 saturated carbocycles. The van der Waals surface area contributed by atoms with Gasteiger partial charge >= 0.3 is 0 Å². The summed E-state index contributed by atoms with van der Waals surface area (Å²) in [5.41, 5.74) is 1.14. The number of rotatable bonds is 6. The summed E-state index contributed by atoms with van der Waals surface area (Å²) in [6.07, 6.45) is 0. The van der Waals surface area contributed by atoms with E-state index in [4.69, 9.17) is 4.42 Å². The van der Waals surface area contributed by atoms with E-state index in [1.807, 2.05) is 37.3 Å². The number of furan rings is 1. The standard InChI is InChI=1S/C19H20N2O4S/c1-3-20-26(23,24)16-10-8-14(9-11-16)19(22)21-13(2)18-12-15-6-4-5-7-17(15)25-18/h4-13,20H,3H2,1-2H3,(H,21,22)/t13-/m0/s1. The lowest BCUT2D eigenvalue weighted by atomic mass is 10.1. The lowest BCUT2D eigenvalue weighted by Crippen LogP contribution is -2.26. The minimum Gasteiger partial charge on any atom is -0.459 e. The van der Waals surface area contributed by atoms with Crippen molar-refractivity contribution in [3.63, 3.8) is 0 Å². The van der Waals surface area contributed by atoms with Gasteiger partial charge in [-0.25, -0.2) is 13.1 Å². The Labute approximate surface area is 152 Å². The molecule has 2 aromatic carbocycles. The Bertz CT molecular complexity index is 990. The number of sulfonamides is 1. The molecular weight excluding hydrogens is 352 g/mol. The maximum absolute atomic E-state index is 12.4. The van der Waals surface area contributed by atoms with Gasteiger partial charge in [0.2, 0.25) is 10.0 Å².